The predicted molar refractivity (Wildman–Crippen MR) is 86.4 cm³/mol. The minimum atomic E-state index is -2.37. The molecule has 0 saturated heterocycles. The van der Waals surface area contributed by atoms with Crippen LogP contribution in [0.15, 0.2) is 30.3 Å². The molecular weight excluding hydrogens is 314 g/mol. The second kappa shape index (κ2) is 7.92. The zero-order valence-corrected chi connectivity index (χ0v) is 13.8. The Labute approximate surface area is 140 Å². The summed E-state index contributed by atoms with van der Waals surface area (Å²) in [6.07, 6.45) is 0.0336. The molecule has 7 nitrogen and oxygen atoms in total. The summed E-state index contributed by atoms with van der Waals surface area (Å²) in [5.74, 6) is -3.97. The van der Waals surface area contributed by atoms with Gasteiger partial charge < -0.3 is 20.7 Å². The van der Waals surface area contributed by atoms with Crippen molar-refractivity contribution in [3.63, 3.8) is 0 Å². The zero-order chi connectivity index (χ0) is 18.4. The minimum absolute atomic E-state index is 0.470. The van der Waals surface area contributed by atoms with E-state index in [4.69, 9.17) is 15.6 Å². The van der Waals surface area contributed by atoms with Crippen molar-refractivity contribution in [2.24, 2.45) is 5.73 Å². The van der Waals surface area contributed by atoms with Crippen molar-refractivity contribution in [2.45, 2.75) is 50.7 Å². The number of ether oxygens (including phenoxy) is 1. The molecule has 0 aromatic heterocycles. The first-order chi connectivity index (χ1) is 11.1. The molecule has 0 aliphatic heterocycles. The van der Waals surface area contributed by atoms with Crippen LogP contribution in [0.4, 0.5) is 0 Å². The largest absolute Gasteiger partial charge is 0.481 e. The number of nitrogens with two attached hydrogens (primary N) is 1. The fraction of sp³-hybridized carbons (Fsp3) is 0.471. The van der Waals surface area contributed by atoms with Crippen LogP contribution in [0.25, 0.3) is 0 Å². The molecule has 7 heteroatoms. The van der Waals surface area contributed by atoms with Crippen LogP contribution >= 0.6 is 0 Å². The lowest BCUT2D eigenvalue weighted by Gasteiger charge is -2.30. The second-order valence-electron chi connectivity index (χ2n) is 6.31. The van der Waals surface area contributed by atoms with Gasteiger partial charge in [-0.2, -0.15) is 0 Å². The lowest BCUT2D eigenvalue weighted by Crippen LogP contribution is -2.57. The summed E-state index contributed by atoms with van der Waals surface area (Å²) < 4.78 is 5.28. The first kappa shape index (κ1) is 19.6. The van der Waals surface area contributed by atoms with E-state index in [1.165, 1.54) is 0 Å². The molecule has 0 radical (unpaired) electrons. The molecule has 0 bridgehead atoms. The first-order valence-electron chi connectivity index (χ1n) is 7.58. The Morgan fingerprint density at radius 2 is 1.67 bits per heavy atom. The summed E-state index contributed by atoms with van der Waals surface area (Å²) >= 11 is 0. The summed E-state index contributed by atoms with van der Waals surface area (Å²) in [4.78, 5) is 34.2. The SMILES string of the molecule is CC(C)(CCc1ccccc1)OC(=O)C(N)(CCC(=O)O)C(=O)O. The third kappa shape index (κ3) is 5.66. The highest BCUT2D eigenvalue weighted by Gasteiger charge is 2.46. The van der Waals surface area contributed by atoms with Crippen LogP contribution in [-0.2, 0) is 25.5 Å². The van der Waals surface area contributed by atoms with Gasteiger partial charge in [0.1, 0.15) is 5.60 Å². The topological polar surface area (TPSA) is 127 Å². The maximum absolute atomic E-state index is 12.2. The van der Waals surface area contributed by atoms with Gasteiger partial charge in [0.15, 0.2) is 0 Å². The first-order valence-corrected chi connectivity index (χ1v) is 7.58. The molecule has 0 aliphatic rings. The number of hydrogen-bond donors (Lipinski definition) is 3. The molecule has 1 unspecified atom stereocenters. The van der Waals surface area contributed by atoms with Gasteiger partial charge in [-0.25, -0.2) is 9.59 Å². The zero-order valence-electron chi connectivity index (χ0n) is 13.8. The summed E-state index contributed by atoms with van der Waals surface area (Å²) in [6.45, 7) is 3.32. The van der Waals surface area contributed by atoms with Crippen molar-refractivity contribution in [1.29, 1.82) is 0 Å². The maximum atomic E-state index is 12.2. The number of aryl methyl sites for hydroxylation is 1. The molecule has 1 atom stereocenters. The third-order valence-corrected chi connectivity index (χ3v) is 3.71. The van der Waals surface area contributed by atoms with Gasteiger partial charge in [-0.3, -0.25) is 4.79 Å². The molecule has 0 heterocycles. The van der Waals surface area contributed by atoms with Crippen LogP contribution in [0.5, 0.6) is 0 Å². The van der Waals surface area contributed by atoms with Crippen molar-refractivity contribution in [2.75, 3.05) is 0 Å². The standard InChI is InChI=1S/C17H23NO6/c1-16(2,10-8-12-6-4-3-5-7-12)24-15(23)17(18,14(21)22)11-9-13(19)20/h3-7H,8-11,18H2,1-2H3,(H,19,20)(H,21,22). The van der Waals surface area contributed by atoms with E-state index in [1.807, 2.05) is 30.3 Å². The third-order valence-electron chi connectivity index (χ3n) is 3.71. The molecule has 4 N–H and O–H groups in total. The fourth-order valence-electron chi connectivity index (χ4n) is 2.08. The normalized spacial score (nSPS) is 13.8. The molecule has 1 rings (SSSR count). The molecule has 0 aliphatic carbocycles. The van der Waals surface area contributed by atoms with Gasteiger partial charge in [-0.05, 0) is 38.7 Å². The monoisotopic (exact) mass is 337 g/mol. The number of carboxylic acid groups (broad SMARTS) is 2. The number of rotatable bonds is 9. The van der Waals surface area contributed by atoms with E-state index in [9.17, 15) is 19.5 Å². The highest BCUT2D eigenvalue weighted by Crippen LogP contribution is 2.22. The van der Waals surface area contributed by atoms with Gasteiger partial charge in [0, 0.05) is 6.42 Å². The van der Waals surface area contributed by atoms with Gasteiger partial charge in [-0.15, -0.1) is 0 Å². The second-order valence-corrected chi connectivity index (χ2v) is 6.31. The predicted octanol–water partition coefficient (Wildman–Crippen LogP) is 1.59. The van der Waals surface area contributed by atoms with E-state index in [1.54, 1.807) is 13.8 Å². The number of benzene rings is 1. The average molecular weight is 337 g/mol. The van der Waals surface area contributed by atoms with E-state index in [2.05, 4.69) is 0 Å². The lowest BCUT2D eigenvalue weighted by molar-refractivity contribution is -0.171. The average Bonchev–Trinajstić information content (AvgIpc) is 2.51. The molecule has 24 heavy (non-hydrogen) atoms. The summed E-state index contributed by atoms with van der Waals surface area (Å²) in [5, 5.41) is 17.9. The molecule has 0 amide bonds. The quantitative estimate of drug-likeness (QED) is 0.461. The van der Waals surface area contributed by atoms with Gasteiger partial charge in [0.25, 0.3) is 0 Å². The van der Waals surface area contributed by atoms with Crippen molar-refractivity contribution >= 4 is 17.9 Å². The molecular formula is C17H23NO6. The number of hydrogen-bond acceptors (Lipinski definition) is 5. The van der Waals surface area contributed by atoms with E-state index in [-0.39, 0.29) is 0 Å². The summed E-state index contributed by atoms with van der Waals surface area (Å²) in [7, 11) is 0. The summed E-state index contributed by atoms with van der Waals surface area (Å²) in [5.41, 5.74) is 3.36. The molecule has 1 aromatic rings. The Bertz CT molecular complexity index is 598. The van der Waals surface area contributed by atoms with Crippen molar-refractivity contribution in [3.05, 3.63) is 35.9 Å². The van der Waals surface area contributed by atoms with Crippen LogP contribution in [0, 0.1) is 0 Å². The van der Waals surface area contributed by atoms with Crippen molar-refractivity contribution in [3.8, 4) is 0 Å². The number of carboxylic acids is 2. The fourth-order valence-corrected chi connectivity index (χ4v) is 2.08. The highest BCUT2D eigenvalue weighted by atomic mass is 16.6. The Morgan fingerprint density at radius 3 is 2.17 bits per heavy atom. The van der Waals surface area contributed by atoms with Crippen LogP contribution in [0.2, 0.25) is 0 Å². The number of esters is 1. The Kier molecular flexibility index (Phi) is 6.48. The smallest absolute Gasteiger partial charge is 0.338 e. The van der Waals surface area contributed by atoms with E-state index < -0.39 is 41.9 Å². The van der Waals surface area contributed by atoms with Crippen LogP contribution in [0.1, 0.15) is 38.7 Å². The Morgan fingerprint density at radius 1 is 1.08 bits per heavy atom. The van der Waals surface area contributed by atoms with Crippen LogP contribution < -0.4 is 5.73 Å². The lowest BCUT2D eigenvalue weighted by atomic mass is 9.93. The molecule has 132 valence electrons. The van der Waals surface area contributed by atoms with E-state index in [0.717, 1.165) is 5.56 Å². The number of carbonyl (C=O) groups is 3. The highest BCUT2D eigenvalue weighted by molar-refractivity contribution is 6.04. The molecule has 0 spiro atoms. The summed E-state index contributed by atoms with van der Waals surface area (Å²) in [6, 6.07) is 9.57. The van der Waals surface area contributed by atoms with Gasteiger partial charge in [0.2, 0.25) is 5.54 Å². The van der Waals surface area contributed by atoms with Crippen LogP contribution in [-0.4, -0.2) is 39.3 Å². The van der Waals surface area contributed by atoms with Gasteiger partial charge in [-0.1, -0.05) is 30.3 Å². The maximum Gasteiger partial charge on any atom is 0.338 e. The molecule has 1 aromatic carbocycles. The van der Waals surface area contributed by atoms with Crippen molar-refractivity contribution < 1.29 is 29.3 Å². The van der Waals surface area contributed by atoms with E-state index >= 15 is 0 Å². The Balaban J connectivity index is 2.73. The minimum Gasteiger partial charge on any atom is -0.481 e. The number of aliphatic carboxylic acids is 2. The molecule has 0 fully saturated rings. The van der Waals surface area contributed by atoms with Gasteiger partial charge >= 0.3 is 17.9 Å². The van der Waals surface area contributed by atoms with Crippen LogP contribution in [0.3, 0.4) is 0 Å². The van der Waals surface area contributed by atoms with E-state index in [0.29, 0.717) is 12.8 Å². The Hall–Kier alpha value is -2.41. The van der Waals surface area contributed by atoms with Gasteiger partial charge in [0.05, 0.1) is 0 Å². The molecule has 0 saturated carbocycles. The van der Waals surface area contributed by atoms with Crippen molar-refractivity contribution in [1.82, 2.24) is 0 Å². The number of carbonyl (C=O) groups excluding carboxylic acids is 1.